The highest BCUT2D eigenvalue weighted by molar-refractivity contribution is 7.90. The maximum absolute atomic E-state index is 15.7. The molecule has 4 N–H and O–H groups in total. The number of carbonyl (C=O) groups excluding carboxylic acids is 6. The van der Waals surface area contributed by atoms with Crippen molar-refractivity contribution in [3.8, 4) is 11.1 Å². The maximum atomic E-state index is 15.7. The van der Waals surface area contributed by atoms with Crippen molar-refractivity contribution >= 4 is 67.9 Å². The standard InChI is InChI=1S/C52H58F2N10O8S/c1-3-60(2)73(71,72)59-41-16-15-39(53)46(47(41)54)48(67)38-30-57-49-37(38)28-34(29-56-49)33-13-11-32(12-14-33)31-61-24-26-62(27-25-61)35-19-22-63(23-20-35)44(66)10-5-4-6-21-55-40-9-7-8-36-45(40)52(70)64(51(36)69)42-17-18-43(65)58-50(42)68/h7-9,11-16,28-30,35,42,55,59H,3-6,10,17-27,31H2,1-2H3,(H,56,57)(H,58,65,68). The van der Waals surface area contributed by atoms with Crippen molar-refractivity contribution in [2.24, 2.45) is 0 Å². The normalized spacial score (nSPS) is 18.2. The van der Waals surface area contributed by atoms with Gasteiger partial charge in [-0.2, -0.15) is 12.7 Å². The number of piperazine rings is 1. The Labute approximate surface area is 421 Å². The van der Waals surface area contributed by atoms with Crippen LogP contribution in [0.4, 0.5) is 20.2 Å². The van der Waals surface area contributed by atoms with Crippen LogP contribution in [0.2, 0.25) is 0 Å². The summed E-state index contributed by atoms with van der Waals surface area (Å²) in [5.74, 6) is -5.42. The third-order valence-corrected chi connectivity index (χ3v) is 16.0. The van der Waals surface area contributed by atoms with E-state index in [0.29, 0.717) is 41.3 Å². The molecule has 9 rings (SSSR count). The van der Waals surface area contributed by atoms with E-state index in [0.717, 1.165) is 110 Å². The van der Waals surface area contributed by atoms with E-state index in [9.17, 15) is 37.2 Å². The molecule has 0 spiro atoms. The number of fused-ring (bicyclic) bond motifs is 2. The number of nitrogens with zero attached hydrogens (tertiary/aromatic N) is 6. The molecule has 3 fully saturated rings. The second-order valence-corrected chi connectivity index (χ2v) is 20.8. The molecule has 6 heterocycles. The monoisotopic (exact) mass is 1020 g/mol. The number of benzene rings is 3. The van der Waals surface area contributed by atoms with Crippen molar-refractivity contribution in [2.75, 3.05) is 69.4 Å². The molecule has 5 amide bonds. The summed E-state index contributed by atoms with van der Waals surface area (Å²) in [5.41, 5.74) is 2.53. The zero-order chi connectivity index (χ0) is 51.6. The molecule has 1 unspecified atom stereocenters. The Morgan fingerprint density at radius 2 is 1.62 bits per heavy atom. The van der Waals surface area contributed by atoms with Gasteiger partial charge in [-0.05, 0) is 73.6 Å². The maximum Gasteiger partial charge on any atom is 0.301 e. The van der Waals surface area contributed by atoms with Crippen LogP contribution in [0.5, 0.6) is 0 Å². The second kappa shape index (κ2) is 21.6. The number of pyridine rings is 1. The number of piperidine rings is 2. The fourth-order valence-corrected chi connectivity index (χ4v) is 11.1. The van der Waals surface area contributed by atoms with Crippen LogP contribution in [0.25, 0.3) is 22.2 Å². The topological polar surface area (TPSA) is 218 Å². The molecule has 4 aliphatic heterocycles. The summed E-state index contributed by atoms with van der Waals surface area (Å²) in [6, 6.07) is 16.0. The van der Waals surface area contributed by atoms with E-state index in [-0.39, 0.29) is 42.0 Å². The van der Waals surface area contributed by atoms with Crippen LogP contribution in [0, 0.1) is 11.6 Å². The minimum atomic E-state index is -4.14. The van der Waals surface area contributed by atoms with E-state index in [1.165, 1.54) is 13.2 Å². The summed E-state index contributed by atoms with van der Waals surface area (Å²) in [4.78, 5) is 92.8. The summed E-state index contributed by atoms with van der Waals surface area (Å²) in [6.45, 7) is 8.18. The Hall–Kier alpha value is -6.94. The molecule has 73 heavy (non-hydrogen) atoms. The predicted octanol–water partition coefficient (Wildman–Crippen LogP) is 5.53. The SMILES string of the molecule is CCN(C)S(=O)(=O)Nc1ccc(F)c(C(=O)c2c[nH]c3ncc(-c4ccc(CN5CCN(C6CCN(C(=O)CCCCCNc7cccc8c7C(=O)N(C7CCC(=O)NC7=O)C8=O)CC6)CC5)cc4)cc23)c1F. The highest BCUT2D eigenvalue weighted by atomic mass is 32.2. The number of amides is 5. The van der Waals surface area contributed by atoms with E-state index in [1.54, 1.807) is 37.4 Å². The third-order valence-electron chi connectivity index (χ3n) is 14.5. The number of rotatable bonds is 18. The van der Waals surface area contributed by atoms with E-state index in [4.69, 9.17) is 0 Å². The minimum Gasteiger partial charge on any atom is -0.384 e. The number of unbranched alkanes of at least 4 members (excludes halogenated alkanes) is 2. The van der Waals surface area contributed by atoms with Crippen LogP contribution in [-0.4, -0.2) is 149 Å². The van der Waals surface area contributed by atoms with Crippen LogP contribution >= 0.6 is 0 Å². The molecule has 18 nitrogen and oxygen atoms in total. The van der Waals surface area contributed by atoms with Crippen LogP contribution in [0.3, 0.4) is 0 Å². The van der Waals surface area contributed by atoms with Gasteiger partial charge in [-0.3, -0.25) is 53.5 Å². The van der Waals surface area contributed by atoms with Crippen molar-refractivity contribution < 1.29 is 46.0 Å². The third kappa shape index (κ3) is 10.8. The van der Waals surface area contributed by atoms with Gasteiger partial charge >= 0.3 is 10.2 Å². The van der Waals surface area contributed by atoms with Crippen LogP contribution in [0.15, 0.2) is 73.1 Å². The van der Waals surface area contributed by atoms with Crippen molar-refractivity contribution in [3.05, 3.63) is 113 Å². The van der Waals surface area contributed by atoms with Gasteiger partial charge in [0.15, 0.2) is 5.82 Å². The smallest absolute Gasteiger partial charge is 0.301 e. The molecule has 2 aromatic heterocycles. The first-order valence-corrected chi connectivity index (χ1v) is 26.2. The van der Waals surface area contributed by atoms with Gasteiger partial charge in [-0.25, -0.2) is 13.8 Å². The number of halogens is 2. The highest BCUT2D eigenvalue weighted by Gasteiger charge is 2.45. The molecule has 21 heteroatoms. The summed E-state index contributed by atoms with van der Waals surface area (Å²) in [5, 5.41) is 5.85. The van der Waals surface area contributed by atoms with E-state index in [1.807, 2.05) is 17.0 Å². The van der Waals surface area contributed by atoms with E-state index >= 15 is 8.78 Å². The molecule has 5 aromatic rings. The Balaban J connectivity index is 0.697. The Kier molecular flexibility index (Phi) is 15.1. The number of aromatic nitrogens is 2. The van der Waals surface area contributed by atoms with Crippen LogP contribution < -0.4 is 15.4 Å². The number of carbonyl (C=O) groups is 6. The van der Waals surface area contributed by atoms with Gasteiger partial charge in [0.25, 0.3) is 11.8 Å². The van der Waals surface area contributed by atoms with Gasteiger partial charge in [0.1, 0.15) is 17.5 Å². The first-order valence-electron chi connectivity index (χ1n) is 24.8. The quantitative estimate of drug-likeness (QED) is 0.0484. The summed E-state index contributed by atoms with van der Waals surface area (Å²) in [7, 11) is -2.84. The van der Waals surface area contributed by atoms with E-state index in [2.05, 4.69) is 47.3 Å². The van der Waals surface area contributed by atoms with Crippen molar-refractivity contribution in [1.82, 2.24) is 39.2 Å². The largest absolute Gasteiger partial charge is 0.384 e. The number of nitrogens with one attached hydrogen (secondary N) is 4. The lowest BCUT2D eigenvalue weighted by Gasteiger charge is -2.43. The molecule has 0 bridgehead atoms. The molecule has 4 aliphatic rings. The predicted molar refractivity (Wildman–Crippen MR) is 269 cm³/mol. The average Bonchev–Trinajstić information content (AvgIpc) is 3.93. The minimum absolute atomic E-state index is 0.0167. The summed E-state index contributed by atoms with van der Waals surface area (Å²) >= 11 is 0. The van der Waals surface area contributed by atoms with Gasteiger partial charge in [0.2, 0.25) is 23.5 Å². The lowest BCUT2D eigenvalue weighted by atomic mass is 9.99. The van der Waals surface area contributed by atoms with Crippen LogP contribution in [0.1, 0.15) is 100 Å². The summed E-state index contributed by atoms with van der Waals surface area (Å²) < 4.78 is 58.9. The van der Waals surface area contributed by atoms with Crippen molar-refractivity contribution in [2.45, 2.75) is 76.9 Å². The number of H-pyrrole nitrogens is 1. The molecule has 0 radical (unpaired) electrons. The Bertz CT molecular complexity index is 3080. The fourth-order valence-electron chi connectivity index (χ4n) is 10.2. The molecule has 3 saturated heterocycles. The van der Waals surface area contributed by atoms with Crippen molar-refractivity contribution in [3.63, 3.8) is 0 Å². The lowest BCUT2D eigenvalue weighted by Crippen LogP contribution is -2.54. The first kappa shape index (κ1) is 51.0. The number of imide groups is 2. The number of likely N-dealkylation sites (tertiary alicyclic amines) is 1. The summed E-state index contributed by atoms with van der Waals surface area (Å²) in [6.07, 6.45) is 7.78. The van der Waals surface area contributed by atoms with Gasteiger partial charge in [-0.15, -0.1) is 0 Å². The van der Waals surface area contributed by atoms with Gasteiger partial charge < -0.3 is 15.2 Å². The molecule has 3 aromatic carbocycles. The van der Waals surface area contributed by atoms with Gasteiger partial charge in [0, 0.05) is 119 Å². The molecule has 384 valence electrons. The lowest BCUT2D eigenvalue weighted by molar-refractivity contribution is -0.136. The molecule has 0 aliphatic carbocycles. The Morgan fingerprint density at radius 1 is 0.863 bits per heavy atom. The zero-order valence-corrected chi connectivity index (χ0v) is 41.5. The fraction of sp³-hybridized carbons (Fsp3) is 0.404. The molecular weight excluding hydrogens is 963 g/mol. The average molecular weight is 1020 g/mol. The van der Waals surface area contributed by atoms with Gasteiger partial charge in [-0.1, -0.05) is 43.7 Å². The number of ketones is 1. The van der Waals surface area contributed by atoms with E-state index < -0.39 is 68.5 Å². The number of hydrogen-bond acceptors (Lipinski definition) is 12. The molecular formula is C52H58F2N10O8S. The Morgan fingerprint density at radius 3 is 2.34 bits per heavy atom. The highest BCUT2D eigenvalue weighted by Crippen LogP contribution is 2.34. The number of aromatic amines is 1. The first-order chi connectivity index (χ1) is 35.1. The van der Waals surface area contributed by atoms with Crippen LogP contribution in [-0.2, 0) is 31.1 Å². The molecule has 0 saturated carbocycles. The van der Waals surface area contributed by atoms with Crippen molar-refractivity contribution in [1.29, 1.82) is 0 Å². The number of hydrogen-bond donors (Lipinski definition) is 4. The number of anilines is 2. The van der Waals surface area contributed by atoms with Gasteiger partial charge in [0.05, 0.1) is 22.4 Å². The second-order valence-electron chi connectivity index (χ2n) is 19.0. The molecule has 1 atom stereocenters. The zero-order valence-electron chi connectivity index (χ0n) is 40.7.